The fraction of sp³-hybridized carbons (Fsp3) is 0.136. The van der Waals surface area contributed by atoms with Crippen molar-refractivity contribution in [1.82, 2.24) is 19.4 Å². The Bertz CT molecular complexity index is 1270. The van der Waals surface area contributed by atoms with Crippen LogP contribution in [0.2, 0.25) is 0 Å². The summed E-state index contributed by atoms with van der Waals surface area (Å²) < 4.78 is 29.5. The zero-order valence-corrected chi connectivity index (χ0v) is 15.9. The van der Waals surface area contributed by atoms with Gasteiger partial charge in [-0.1, -0.05) is 30.3 Å². The van der Waals surface area contributed by atoms with Crippen molar-refractivity contribution in [3.63, 3.8) is 0 Å². The van der Waals surface area contributed by atoms with Gasteiger partial charge in [-0.15, -0.1) is 0 Å². The van der Waals surface area contributed by atoms with Gasteiger partial charge in [-0.2, -0.15) is 0 Å². The van der Waals surface area contributed by atoms with Crippen LogP contribution in [0.1, 0.15) is 15.9 Å². The second-order valence-electron chi connectivity index (χ2n) is 6.74. The molecule has 6 nitrogen and oxygen atoms in total. The molecule has 0 spiro atoms. The quantitative estimate of drug-likeness (QED) is 0.533. The highest BCUT2D eigenvalue weighted by Crippen LogP contribution is 2.12. The molecule has 0 unspecified atom stereocenters. The van der Waals surface area contributed by atoms with E-state index in [0.29, 0.717) is 17.7 Å². The Morgan fingerprint density at radius 1 is 0.967 bits per heavy atom. The fourth-order valence-corrected chi connectivity index (χ4v) is 3.29. The molecule has 0 radical (unpaired) electrons. The van der Waals surface area contributed by atoms with Gasteiger partial charge in [0.2, 0.25) is 0 Å². The van der Waals surface area contributed by atoms with Crippen molar-refractivity contribution < 1.29 is 13.6 Å². The van der Waals surface area contributed by atoms with Crippen molar-refractivity contribution in [2.24, 2.45) is 0 Å². The minimum Gasteiger partial charge on any atom is -0.350 e. The van der Waals surface area contributed by atoms with Gasteiger partial charge in [0.25, 0.3) is 5.91 Å². The Morgan fingerprint density at radius 3 is 2.53 bits per heavy atom. The van der Waals surface area contributed by atoms with Gasteiger partial charge >= 0.3 is 5.69 Å². The maximum Gasteiger partial charge on any atom is 0.330 e. The molecule has 0 bridgehead atoms. The third-order valence-corrected chi connectivity index (χ3v) is 4.76. The van der Waals surface area contributed by atoms with Crippen LogP contribution in [0.25, 0.3) is 11.2 Å². The van der Waals surface area contributed by atoms with E-state index >= 15 is 0 Å². The van der Waals surface area contributed by atoms with Crippen molar-refractivity contribution in [3.05, 3.63) is 100 Å². The lowest BCUT2D eigenvalue weighted by Crippen LogP contribution is -2.32. The molecule has 4 rings (SSSR count). The highest BCUT2D eigenvalue weighted by atomic mass is 19.2. The number of hydrogen-bond donors (Lipinski definition) is 1. The number of carbonyl (C=O) groups excluding carboxylic acids is 1. The van der Waals surface area contributed by atoms with Crippen LogP contribution in [0.5, 0.6) is 0 Å². The zero-order valence-electron chi connectivity index (χ0n) is 15.9. The molecular formula is C22H18F2N4O2. The molecule has 0 aliphatic heterocycles. The van der Waals surface area contributed by atoms with Crippen LogP contribution in [-0.4, -0.2) is 26.6 Å². The third-order valence-electron chi connectivity index (χ3n) is 4.76. The molecule has 0 aliphatic rings. The Hall–Kier alpha value is -3.81. The number of nitrogens with one attached hydrogen (secondary N) is 1. The normalized spacial score (nSPS) is 11.0. The number of rotatable bonds is 6. The van der Waals surface area contributed by atoms with Gasteiger partial charge in [0, 0.05) is 24.8 Å². The van der Waals surface area contributed by atoms with E-state index < -0.39 is 17.5 Å². The Kier molecular flexibility index (Phi) is 5.38. The van der Waals surface area contributed by atoms with Crippen molar-refractivity contribution in [1.29, 1.82) is 0 Å². The molecule has 0 atom stereocenters. The second-order valence-corrected chi connectivity index (χ2v) is 6.74. The molecule has 8 heteroatoms. The summed E-state index contributed by atoms with van der Waals surface area (Å²) in [5, 5.41) is 2.62. The average Bonchev–Trinajstić information content (AvgIpc) is 3.02. The number of fused-ring (bicyclic) bond motifs is 1. The topological polar surface area (TPSA) is 68.9 Å². The van der Waals surface area contributed by atoms with E-state index in [1.807, 2.05) is 36.4 Å². The smallest absolute Gasteiger partial charge is 0.330 e. The number of pyridine rings is 1. The number of carbonyl (C=O) groups is 1. The third kappa shape index (κ3) is 3.84. The van der Waals surface area contributed by atoms with Crippen molar-refractivity contribution in [2.45, 2.75) is 13.1 Å². The molecule has 152 valence electrons. The number of hydrogen-bond acceptors (Lipinski definition) is 3. The first-order valence-corrected chi connectivity index (χ1v) is 9.36. The van der Waals surface area contributed by atoms with Crippen LogP contribution in [-0.2, 0) is 13.1 Å². The zero-order chi connectivity index (χ0) is 21.1. The molecule has 1 amide bonds. The highest BCUT2D eigenvalue weighted by molar-refractivity contribution is 5.94. The molecule has 0 saturated heterocycles. The maximum atomic E-state index is 13.3. The highest BCUT2D eigenvalue weighted by Gasteiger charge is 2.15. The molecule has 0 saturated carbocycles. The summed E-state index contributed by atoms with van der Waals surface area (Å²) in [5.41, 5.74) is 1.95. The van der Waals surface area contributed by atoms with E-state index in [2.05, 4.69) is 10.3 Å². The maximum absolute atomic E-state index is 13.3. The largest absolute Gasteiger partial charge is 0.350 e. The van der Waals surface area contributed by atoms with E-state index in [1.54, 1.807) is 16.8 Å². The molecule has 2 heterocycles. The predicted molar refractivity (Wildman–Crippen MR) is 108 cm³/mol. The van der Waals surface area contributed by atoms with Gasteiger partial charge in [-0.3, -0.25) is 13.9 Å². The first-order valence-electron chi connectivity index (χ1n) is 9.36. The van der Waals surface area contributed by atoms with E-state index in [-0.39, 0.29) is 24.3 Å². The summed E-state index contributed by atoms with van der Waals surface area (Å²) >= 11 is 0. The van der Waals surface area contributed by atoms with Crippen LogP contribution in [0, 0.1) is 11.6 Å². The molecular weight excluding hydrogens is 390 g/mol. The van der Waals surface area contributed by atoms with E-state index in [4.69, 9.17) is 0 Å². The molecule has 0 aliphatic carbocycles. The Morgan fingerprint density at radius 2 is 1.77 bits per heavy atom. The summed E-state index contributed by atoms with van der Waals surface area (Å²) in [6, 6.07) is 16.1. The first kappa shape index (κ1) is 19.5. The summed E-state index contributed by atoms with van der Waals surface area (Å²) in [4.78, 5) is 29.5. The Balaban J connectivity index is 1.54. The molecule has 30 heavy (non-hydrogen) atoms. The monoisotopic (exact) mass is 408 g/mol. The van der Waals surface area contributed by atoms with Crippen LogP contribution < -0.4 is 11.0 Å². The number of nitrogens with zero attached hydrogens (tertiary/aromatic N) is 3. The van der Waals surface area contributed by atoms with Crippen LogP contribution in [0.15, 0.2) is 71.7 Å². The first-order chi connectivity index (χ1) is 14.5. The van der Waals surface area contributed by atoms with Crippen molar-refractivity contribution >= 4 is 17.1 Å². The SMILES string of the molecule is O=C(NCCn1c(=O)n(Cc2ccccc2)c2cccnc21)c1ccc(F)c(F)c1. The number of benzene rings is 2. The molecule has 0 fully saturated rings. The van der Waals surface area contributed by atoms with Gasteiger partial charge in [-0.25, -0.2) is 18.6 Å². The second kappa shape index (κ2) is 8.28. The van der Waals surface area contributed by atoms with Crippen LogP contribution >= 0.6 is 0 Å². The van der Waals surface area contributed by atoms with Gasteiger partial charge in [0.15, 0.2) is 17.3 Å². The van der Waals surface area contributed by atoms with E-state index in [0.717, 1.165) is 17.7 Å². The van der Waals surface area contributed by atoms with Gasteiger partial charge in [0.1, 0.15) is 0 Å². The minimum atomic E-state index is -1.09. The van der Waals surface area contributed by atoms with Crippen molar-refractivity contribution in [2.75, 3.05) is 6.54 Å². The van der Waals surface area contributed by atoms with Crippen LogP contribution in [0.3, 0.4) is 0 Å². The standard InChI is InChI=1S/C22H18F2N4O2/c23-17-9-8-16(13-18(17)24)21(29)26-11-12-27-20-19(7-4-10-25-20)28(22(27)30)14-15-5-2-1-3-6-15/h1-10,13H,11-12,14H2,(H,26,29). The molecule has 1 N–H and O–H groups in total. The van der Waals surface area contributed by atoms with E-state index in [9.17, 15) is 18.4 Å². The van der Waals surface area contributed by atoms with Gasteiger partial charge in [0.05, 0.1) is 12.1 Å². The fourth-order valence-electron chi connectivity index (χ4n) is 3.29. The number of imidazole rings is 1. The Labute approximate surface area is 170 Å². The summed E-state index contributed by atoms with van der Waals surface area (Å²) in [5.74, 6) is -2.66. The molecule has 4 aromatic rings. The molecule has 2 aromatic heterocycles. The minimum absolute atomic E-state index is 0.00544. The van der Waals surface area contributed by atoms with Crippen LogP contribution in [0.4, 0.5) is 8.78 Å². The number of aromatic nitrogens is 3. The lowest BCUT2D eigenvalue weighted by molar-refractivity contribution is 0.0951. The van der Waals surface area contributed by atoms with E-state index in [1.165, 1.54) is 10.6 Å². The van der Waals surface area contributed by atoms with Crippen molar-refractivity contribution in [3.8, 4) is 0 Å². The predicted octanol–water partition coefficient (Wildman–Crippen LogP) is 2.95. The summed E-state index contributed by atoms with van der Waals surface area (Å²) in [6.45, 7) is 0.707. The lowest BCUT2D eigenvalue weighted by Gasteiger charge is -2.06. The average molecular weight is 408 g/mol. The lowest BCUT2D eigenvalue weighted by atomic mass is 10.2. The summed E-state index contributed by atoms with van der Waals surface area (Å²) in [6.07, 6.45) is 1.60. The summed E-state index contributed by atoms with van der Waals surface area (Å²) in [7, 11) is 0. The van der Waals surface area contributed by atoms with Gasteiger partial charge in [-0.05, 0) is 35.9 Å². The number of amides is 1. The van der Waals surface area contributed by atoms with Gasteiger partial charge < -0.3 is 5.32 Å². The number of halogens is 2. The molecule has 2 aromatic carbocycles.